The highest BCUT2D eigenvalue weighted by Gasteiger charge is 2.07. The van der Waals surface area contributed by atoms with Crippen LogP contribution in [0, 0.1) is 5.92 Å². The average molecular weight is 245 g/mol. The van der Waals surface area contributed by atoms with Crippen LogP contribution in [-0.2, 0) is 9.59 Å². The van der Waals surface area contributed by atoms with Crippen molar-refractivity contribution in [2.24, 2.45) is 5.92 Å². The molecule has 0 fully saturated rings. The number of ketones is 1. The molecular weight excluding hydrogens is 214 g/mol. The van der Waals surface area contributed by atoms with Gasteiger partial charge in [-0.1, -0.05) is 61.3 Å². The van der Waals surface area contributed by atoms with Gasteiger partial charge in [0.05, 0.1) is 6.54 Å². The Morgan fingerprint density at radius 2 is 1.29 bits per heavy atom. The van der Waals surface area contributed by atoms with Crippen molar-refractivity contribution in [3.63, 3.8) is 0 Å². The minimum absolute atomic E-state index is 0.00663. The lowest BCUT2D eigenvalue weighted by Crippen LogP contribution is -2.30. The lowest BCUT2D eigenvalue weighted by atomic mass is 10.1. The first kappa shape index (κ1) is 21.4. The second-order valence-electron chi connectivity index (χ2n) is 4.17. The van der Waals surface area contributed by atoms with E-state index in [9.17, 15) is 9.59 Å². The lowest BCUT2D eigenvalue weighted by Gasteiger charge is -2.04. The van der Waals surface area contributed by atoms with Crippen LogP contribution < -0.4 is 5.32 Å². The standard InChI is InChI=1S/C8H15NO2.2C3H8/c1-4-8(11)9-5-7(10)6(2)3;2*1-3-2/h6H,4-5H2,1-3H3,(H,9,11);2*3H2,1-2H3. The highest BCUT2D eigenvalue weighted by atomic mass is 16.2. The smallest absolute Gasteiger partial charge is 0.220 e. The molecule has 0 spiro atoms. The van der Waals surface area contributed by atoms with Crippen molar-refractivity contribution in [3.05, 3.63) is 0 Å². The monoisotopic (exact) mass is 245 g/mol. The first-order chi connectivity index (χ1) is 7.90. The summed E-state index contributed by atoms with van der Waals surface area (Å²) in [5, 5.41) is 2.52. The second-order valence-corrected chi connectivity index (χ2v) is 4.17. The largest absolute Gasteiger partial charge is 0.349 e. The third-order valence-electron chi connectivity index (χ3n) is 1.42. The Morgan fingerprint density at radius 1 is 0.941 bits per heavy atom. The number of hydrogen-bond acceptors (Lipinski definition) is 2. The van der Waals surface area contributed by atoms with Crippen LogP contribution in [0.1, 0.15) is 67.7 Å². The maximum Gasteiger partial charge on any atom is 0.220 e. The fourth-order valence-electron chi connectivity index (χ4n) is 0.515. The maximum absolute atomic E-state index is 10.9. The van der Waals surface area contributed by atoms with Gasteiger partial charge in [0, 0.05) is 12.3 Å². The molecule has 0 saturated heterocycles. The third kappa shape index (κ3) is 25.4. The van der Waals surface area contributed by atoms with E-state index in [1.54, 1.807) is 6.92 Å². The van der Waals surface area contributed by atoms with Crippen LogP contribution in [-0.4, -0.2) is 18.2 Å². The number of hydrogen-bond donors (Lipinski definition) is 1. The molecule has 3 heteroatoms. The molecule has 0 bridgehead atoms. The molecule has 0 rings (SSSR count). The van der Waals surface area contributed by atoms with E-state index in [2.05, 4.69) is 33.0 Å². The van der Waals surface area contributed by atoms with E-state index >= 15 is 0 Å². The first-order valence-electron chi connectivity index (χ1n) is 6.70. The van der Waals surface area contributed by atoms with E-state index < -0.39 is 0 Å². The fourth-order valence-corrected chi connectivity index (χ4v) is 0.515. The Morgan fingerprint density at radius 3 is 1.53 bits per heavy atom. The van der Waals surface area contributed by atoms with Crippen LogP contribution in [0.4, 0.5) is 0 Å². The predicted octanol–water partition coefficient (Wildman–Crippen LogP) is 3.57. The zero-order valence-corrected chi connectivity index (χ0v) is 12.7. The van der Waals surface area contributed by atoms with Gasteiger partial charge in [-0.25, -0.2) is 0 Å². The summed E-state index contributed by atoms with van der Waals surface area (Å²) in [6.45, 7) is 14.1. The molecule has 0 aliphatic heterocycles. The Kier molecular flexibility index (Phi) is 22.1. The van der Waals surface area contributed by atoms with Crippen LogP contribution in [0.3, 0.4) is 0 Å². The Labute approximate surface area is 107 Å². The molecule has 0 aromatic carbocycles. The van der Waals surface area contributed by atoms with E-state index in [0.29, 0.717) is 6.42 Å². The van der Waals surface area contributed by atoms with Gasteiger partial charge < -0.3 is 5.32 Å². The summed E-state index contributed by atoms with van der Waals surface area (Å²) in [7, 11) is 0. The summed E-state index contributed by atoms with van der Waals surface area (Å²) >= 11 is 0. The highest BCUT2D eigenvalue weighted by molar-refractivity contribution is 5.86. The lowest BCUT2D eigenvalue weighted by molar-refractivity contribution is -0.126. The molecule has 1 amide bonds. The molecule has 0 aromatic heterocycles. The van der Waals surface area contributed by atoms with E-state index in [-0.39, 0.29) is 24.2 Å². The quantitative estimate of drug-likeness (QED) is 0.823. The van der Waals surface area contributed by atoms with Crippen molar-refractivity contribution in [1.29, 1.82) is 0 Å². The number of rotatable bonds is 4. The summed E-state index contributed by atoms with van der Waals surface area (Å²) in [5.74, 6) is 0.0120. The van der Waals surface area contributed by atoms with E-state index in [0.717, 1.165) is 0 Å². The van der Waals surface area contributed by atoms with Crippen LogP contribution in [0.25, 0.3) is 0 Å². The van der Waals surface area contributed by atoms with Gasteiger partial charge >= 0.3 is 0 Å². The van der Waals surface area contributed by atoms with Crippen LogP contribution in [0.15, 0.2) is 0 Å². The summed E-state index contributed by atoms with van der Waals surface area (Å²) in [5.41, 5.74) is 0. The van der Waals surface area contributed by atoms with Gasteiger partial charge in [0.15, 0.2) is 5.78 Å². The zero-order valence-electron chi connectivity index (χ0n) is 12.7. The zero-order chi connectivity index (χ0) is 14.3. The molecule has 0 saturated carbocycles. The van der Waals surface area contributed by atoms with Gasteiger partial charge in [0.1, 0.15) is 0 Å². The highest BCUT2D eigenvalue weighted by Crippen LogP contribution is 1.91. The molecule has 0 radical (unpaired) electrons. The number of nitrogens with one attached hydrogen (secondary N) is 1. The Bertz CT molecular complexity index is 175. The SMILES string of the molecule is CCC.CCC.CCC(=O)NCC(=O)C(C)C. The van der Waals surface area contributed by atoms with Gasteiger partial charge in [0.2, 0.25) is 5.91 Å². The van der Waals surface area contributed by atoms with Crippen LogP contribution >= 0.6 is 0 Å². The fraction of sp³-hybridized carbons (Fsp3) is 0.857. The molecule has 0 heterocycles. The summed E-state index contributed by atoms with van der Waals surface area (Å²) in [6.07, 6.45) is 2.94. The number of Topliss-reactive ketones (excluding diaryl/α,β-unsaturated/α-hetero) is 1. The van der Waals surface area contributed by atoms with E-state index in [1.807, 2.05) is 13.8 Å². The molecule has 0 aliphatic carbocycles. The minimum atomic E-state index is -0.0704. The van der Waals surface area contributed by atoms with Gasteiger partial charge in [-0.2, -0.15) is 0 Å². The number of carbonyl (C=O) groups excluding carboxylic acids is 2. The molecule has 104 valence electrons. The normalized spacial score (nSPS) is 8.47. The molecule has 0 aromatic rings. The van der Waals surface area contributed by atoms with Crippen molar-refractivity contribution >= 4 is 11.7 Å². The maximum atomic E-state index is 10.9. The Balaban J connectivity index is -0.000000273. The molecule has 0 aliphatic rings. The number of amides is 1. The van der Waals surface area contributed by atoms with Crippen molar-refractivity contribution in [2.45, 2.75) is 67.7 Å². The molecular formula is C14H31NO2. The molecule has 3 nitrogen and oxygen atoms in total. The summed E-state index contributed by atoms with van der Waals surface area (Å²) in [4.78, 5) is 21.6. The van der Waals surface area contributed by atoms with Gasteiger partial charge in [-0.3, -0.25) is 9.59 Å². The van der Waals surface area contributed by atoms with Crippen LogP contribution in [0.2, 0.25) is 0 Å². The first-order valence-corrected chi connectivity index (χ1v) is 6.70. The van der Waals surface area contributed by atoms with Crippen molar-refractivity contribution in [3.8, 4) is 0 Å². The summed E-state index contributed by atoms with van der Waals surface area (Å²) < 4.78 is 0. The van der Waals surface area contributed by atoms with Crippen LogP contribution in [0.5, 0.6) is 0 Å². The predicted molar refractivity (Wildman–Crippen MR) is 75.1 cm³/mol. The molecule has 17 heavy (non-hydrogen) atoms. The average Bonchev–Trinajstić information content (AvgIpc) is 2.27. The van der Waals surface area contributed by atoms with E-state index in [1.165, 1.54) is 12.8 Å². The summed E-state index contributed by atoms with van der Waals surface area (Å²) in [6, 6.07) is 0. The van der Waals surface area contributed by atoms with E-state index in [4.69, 9.17) is 0 Å². The van der Waals surface area contributed by atoms with Crippen molar-refractivity contribution in [2.75, 3.05) is 6.54 Å². The van der Waals surface area contributed by atoms with Crippen molar-refractivity contribution in [1.82, 2.24) is 5.32 Å². The minimum Gasteiger partial charge on any atom is -0.349 e. The van der Waals surface area contributed by atoms with Gasteiger partial charge in [0.25, 0.3) is 0 Å². The van der Waals surface area contributed by atoms with Gasteiger partial charge in [-0.05, 0) is 0 Å². The molecule has 1 N–H and O–H groups in total. The Hall–Kier alpha value is -0.860. The number of carbonyl (C=O) groups is 2. The second kappa shape index (κ2) is 17.5. The molecule has 0 atom stereocenters. The third-order valence-corrected chi connectivity index (χ3v) is 1.42. The topological polar surface area (TPSA) is 46.2 Å². The van der Waals surface area contributed by atoms with Gasteiger partial charge in [-0.15, -0.1) is 0 Å². The molecule has 0 unspecified atom stereocenters. The van der Waals surface area contributed by atoms with Crippen molar-refractivity contribution < 1.29 is 9.59 Å².